The van der Waals surface area contributed by atoms with Crippen LogP contribution in [0.25, 0.3) is 0 Å². The van der Waals surface area contributed by atoms with Crippen molar-refractivity contribution < 1.29 is 9.84 Å². The predicted octanol–water partition coefficient (Wildman–Crippen LogP) is 4.34. The Bertz CT molecular complexity index is 738. The van der Waals surface area contributed by atoms with Crippen molar-refractivity contribution in [2.45, 2.75) is 32.8 Å². The van der Waals surface area contributed by atoms with Gasteiger partial charge in [-0.3, -0.25) is 0 Å². The zero-order chi connectivity index (χ0) is 17.1. The lowest BCUT2D eigenvalue weighted by atomic mass is 9.98. The van der Waals surface area contributed by atoms with Crippen molar-refractivity contribution in [2.24, 2.45) is 0 Å². The Morgan fingerprint density at radius 2 is 2.00 bits per heavy atom. The van der Waals surface area contributed by atoms with Crippen LogP contribution < -0.4 is 9.64 Å². The highest BCUT2D eigenvalue weighted by Gasteiger charge is 2.26. The van der Waals surface area contributed by atoms with Crippen molar-refractivity contribution in [1.29, 1.82) is 0 Å². The molecule has 3 heteroatoms. The van der Waals surface area contributed by atoms with Gasteiger partial charge in [0, 0.05) is 19.0 Å². The largest absolute Gasteiger partial charge is 0.508 e. The van der Waals surface area contributed by atoms with Gasteiger partial charge in [0.2, 0.25) is 0 Å². The van der Waals surface area contributed by atoms with Crippen molar-refractivity contribution in [1.82, 2.24) is 0 Å². The molecular formula is C21H25NO2. The van der Waals surface area contributed by atoms with Gasteiger partial charge in [-0.15, -0.1) is 0 Å². The molecule has 24 heavy (non-hydrogen) atoms. The molecule has 1 atom stereocenters. The van der Waals surface area contributed by atoms with Crippen molar-refractivity contribution in [3.8, 4) is 11.5 Å². The van der Waals surface area contributed by atoms with Crippen LogP contribution in [0.4, 0.5) is 5.69 Å². The normalized spacial score (nSPS) is 16.4. The molecule has 1 aliphatic rings. The fraction of sp³-hybridized carbons (Fsp3) is 0.333. The minimum atomic E-state index is 0.0614. The highest BCUT2D eigenvalue weighted by molar-refractivity contribution is 5.63. The van der Waals surface area contributed by atoms with Crippen LogP contribution in [0, 0.1) is 0 Å². The third-order valence-electron chi connectivity index (χ3n) is 4.41. The van der Waals surface area contributed by atoms with E-state index in [4.69, 9.17) is 4.74 Å². The van der Waals surface area contributed by atoms with Gasteiger partial charge in [0.05, 0.1) is 12.2 Å². The molecule has 0 spiro atoms. The van der Waals surface area contributed by atoms with E-state index in [0.717, 1.165) is 42.9 Å². The van der Waals surface area contributed by atoms with Crippen LogP contribution in [0.1, 0.15) is 25.0 Å². The second-order valence-electron chi connectivity index (χ2n) is 6.56. The molecule has 0 bridgehead atoms. The molecule has 1 heterocycles. The average molecular weight is 323 g/mol. The quantitative estimate of drug-likeness (QED) is 0.831. The van der Waals surface area contributed by atoms with Gasteiger partial charge in [-0.1, -0.05) is 43.3 Å². The van der Waals surface area contributed by atoms with E-state index in [-0.39, 0.29) is 11.9 Å². The second-order valence-corrected chi connectivity index (χ2v) is 6.56. The topological polar surface area (TPSA) is 32.7 Å². The van der Waals surface area contributed by atoms with Gasteiger partial charge in [-0.05, 0) is 36.6 Å². The number of nitrogens with zero attached hydrogens (tertiary/aromatic N) is 1. The number of aryl methyl sites for hydroxylation is 1. The molecule has 2 aromatic carbocycles. The average Bonchev–Trinajstić information content (AvgIpc) is 2.54. The van der Waals surface area contributed by atoms with Crippen LogP contribution in [-0.4, -0.2) is 24.3 Å². The standard InChI is InChI=1S/C21H25NO2/c1-4-16-7-5-6-8-17(16)11-19-14-22(13-15(2)3)20-10-9-18(23)12-21(20)24-19/h5-10,12,19,23H,2,4,11,13-14H2,1,3H3. The second kappa shape index (κ2) is 7.00. The molecule has 3 rings (SSSR count). The monoisotopic (exact) mass is 323 g/mol. The number of aromatic hydroxyl groups is 1. The summed E-state index contributed by atoms with van der Waals surface area (Å²) in [5.74, 6) is 0.986. The van der Waals surface area contributed by atoms with Gasteiger partial charge in [0.15, 0.2) is 0 Å². The third-order valence-corrected chi connectivity index (χ3v) is 4.41. The summed E-state index contributed by atoms with van der Waals surface area (Å²) in [5, 5.41) is 9.80. The van der Waals surface area contributed by atoms with Gasteiger partial charge >= 0.3 is 0 Å². The molecule has 0 radical (unpaired) electrons. The molecule has 3 nitrogen and oxygen atoms in total. The summed E-state index contributed by atoms with van der Waals surface area (Å²) < 4.78 is 6.20. The van der Waals surface area contributed by atoms with Gasteiger partial charge in [0.25, 0.3) is 0 Å². The molecule has 0 saturated carbocycles. The van der Waals surface area contributed by atoms with Crippen LogP contribution in [0.5, 0.6) is 11.5 Å². The molecule has 2 aromatic rings. The van der Waals surface area contributed by atoms with E-state index < -0.39 is 0 Å². The minimum absolute atomic E-state index is 0.0614. The molecule has 0 amide bonds. The fourth-order valence-electron chi connectivity index (χ4n) is 3.35. The number of hydrogen-bond donors (Lipinski definition) is 1. The predicted molar refractivity (Wildman–Crippen MR) is 99.1 cm³/mol. The number of ether oxygens (including phenoxy) is 1. The molecule has 1 aliphatic heterocycles. The van der Waals surface area contributed by atoms with Crippen molar-refractivity contribution in [3.63, 3.8) is 0 Å². The lowest BCUT2D eigenvalue weighted by Crippen LogP contribution is -2.42. The molecule has 0 saturated heterocycles. The minimum Gasteiger partial charge on any atom is -0.508 e. The van der Waals surface area contributed by atoms with Crippen LogP contribution >= 0.6 is 0 Å². The maximum atomic E-state index is 9.80. The summed E-state index contributed by atoms with van der Waals surface area (Å²) in [6, 6.07) is 13.9. The van der Waals surface area contributed by atoms with E-state index in [1.165, 1.54) is 11.1 Å². The number of phenols is 1. The maximum Gasteiger partial charge on any atom is 0.146 e. The zero-order valence-corrected chi connectivity index (χ0v) is 14.5. The first-order chi connectivity index (χ1) is 11.6. The Morgan fingerprint density at radius 3 is 2.71 bits per heavy atom. The molecule has 1 unspecified atom stereocenters. The van der Waals surface area contributed by atoms with E-state index in [9.17, 15) is 5.11 Å². The van der Waals surface area contributed by atoms with Crippen LogP contribution in [0.15, 0.2) is 54.6 Å². The smallest absolute Gasteiger partial charge is 0.146 e. The van der Waals surface area contributed by atoms with E-state index in [1.807, 2.05) is 13.0 Å². The van der Waals surface area contributed by atoms with Gasteiger partial charge in [0.1, 0.15) is 17.6 Å². The van der Waals surface area contributed by atoms with E-state index in [0.29, 0.717) is 0 Å². The summed E-state index contributed by atoms with van der Waals surface area (Å²) in [7, 11) is 0. The Morgan fingerprint density at radius 1 is 1.25 bits per heavy atom. The van der Waals surface area contributed by atoms with Gasteiger partial charge < -0.3 is 14.7 Å². The van der Waals surface area contributed by atoms with E-state index >= 15 is 0 Å². The van der Waals surface area contributed by atoms with E-state index in [1.54, 1.807) is 12.1 Å². The number of fused-ring (bicyclic) bond motifs is 1. The van der Waals surface area contributed by atoms with E-state index in [2.05, 4.69) is 42.7 Å². The Hall–Kier alpha value is -2.42. The molecule has 0 fully saturated rings. The zero-order valence-electron chi connectivity index (χ0n) is 14.5. The summed E-state index contributed by atoms with van der Waals surface area (Å²) in [4.78, 5) is 2.29. The maximum absolute atomic E-state index is 9.80. The Balaban J connectivity index is 1.87. The van der Waals surface area contributed by atoms with Crippen LogP contribution in [0.2, 0.25) is 0 Å². The van der Waals surface area contributed by atoms with Crippen molar-refractivity contribution >= 4 is 5.69 Å². The SMILES string of the molecule is C=C(C)CN1CC(Cc2ccccc2CC)Oc2cc(O)ccc21. The lowest BCUT2D eigenvalue weighted by Gasteiger charge is -2.37. The summed E-state index contributed by atoms with van der Waals surface area (Å²) in [6.07, 6.45) is 1.95. The number of rotatable bonds is 5. The first kappa shape index (κ1) is 16.4. The third kappa shape index (κ3) is 3.56. The fourth-order valence-corrected chi connectivity index (χ4v) is 3.35. The summed E-state index contributed by atoms with van der Waals surface area (Å²) in [6.45, 7) is 9.89. The number of phenolic OH excluding ortho intramolecular Hbond substituents is 1. The Kier molecular flexibility index (Phi) is 4.79. The first-order valence-corrected chi connectivity index (χ1v) is 8.52. The first-order valence-electron chi connectivity index (χ1n) is 8.52. The van der Waals surface area contributed by atoms with Crippen LogP contribution in [0.3, 0.4) is 0 Å². The number of benzene rings is 2. The summed E-state index contributed by atoms with van der Waals surface area (Å²) in [5.41, 5.74) is 4.84. The molecule has 0 aliphatic carbocycles. The number of hydrogen-bond acceptors (Lipinski definition) is 3. The van der Waals surface area contributed by atoms with Crippen LogP contribution in [-0.2, 0) is 12.8 Å². The lowest BCUT2D eigenvalue weighted by molar-refractivity contribution is 0.193. The number of anilines is 1. The molecule has 1 N–H and O–H groups in total. The van der Waals surface area contributed by atoms with Gasteiger partial charge in [-0.2, -0.15) is 0 Å². The Labute approximate surface area is 144 Å². The molecule has 0 aromatic heterocycles. The molecule has 126 valence electrons. The summed E-state index contributed by atoms with van der Waals surface area (Å²) >= 11 is 0. The van der Waals surface area contributed by atoms with Crippen molar-refractivity contribution in [2.75, 3.05) is 18.0 Å². The van der Waals surface area contributed by atoms with Gasteiger partial charge in [-0.25, -0.2) is 0 Å². The highest BCUT2D eigenvalue weighted by Crippen LogP contribution is 2.37. The van der Waals surface area contributed by atoms with Crippen molar-refractivity contribution in [3.05, 3.63) is 65.7 Å². The highest BCUT2D eigenvalue weighted by atomic mass is 16.5. The molecular weight excluding hydrogens is 298 g/mol.